The van der Waals surface area contributed by atoms with Crippen LogP contribution in [0, 0.1) is 5.41 Å². The number of amides is 1. The molecule has 5 heteroatoms. The Bertz CT molecular complexity index is 334. The summed E-state index contributed by atoms with van der Waals surface area (Å²) in [6.07, 6.45) is 6.61. The number of piperidine rings is 2. The maximum atomic E-state index is 11.0. The van der Waals surface area contributed by atoms with Crippen molar-refractivity contribution in [3.05, 3.63) is 0 Å². The van der Waals surface area contributed by atoms with Crippen LogP contribution in [0.4, 0.5) is 4.79 Å². The van der Waals surface area contributed by atoms with Gasteiger partial charge < -0.3 is 20.1 Å². The molecular formula is C14H24N2O3. The molecule has 2 N–H and O–H groups in total. The monoisotopic (exact) mass is 268 g/mol. The fraction of sp³-hybridized carbons (Fsp3) is 0.929. The average Bonchev–Trinajstić information content (AvgIpc) is 2.45. The average molecular weight is 268 g/mol. The Morgan fingerprint density at radius 1 is 1.16 bits per heavy atom. The van der Waals surface area contributed by atoms with Crippen LogP contribution in [0.2, 0.25) is 0 Å². The van der Waals surface area contributed by atoms with E-state index in [0.29, 0.717) is 25.3 Å². The zero-order chi connectivity index (χ0) is 13.3. The maximum absolute atomic E-state index is 11.0. The minimum Gasteiger partial charge on any atom is -0.465 e. The zero-order valence-electron chi connectivity index (χ0n) is 11.4. The Morgan fingerprint density at radius 2 is 1.84 bits per heavy atom. The number of carbonyl (C=O) groups is 1. The van der Waals surface area contributed by atoms with Gasteiger partial charge in [0.15, 0.2) is 0 Å². The summed E-state index contributed by atoms with van der Waals surface area (Å²) in [6.45, 7) is 3.50. The summed E-state index contributed by atoms with van der Waals surface area (Å²) in [5, 5.41) is 12.4. The van der Waals surface area contributed by atoms with Crippen molar-refractivity contribution in [3.8, 4) is 0 Å². The van der Waals surface area contributed by atoms with E-state index in [1.54, 1.807) is 4.90 Å². The molecule has 3 fully saturated rings. The third kappa shape index (κ3) is 2.58. The first-order valence-electron chi connectivity index (χ1n) is 7.54. The highest BCUT2D eigenvalue weighted by Crippen LogP contribution is 2.51. The molecule has 0 aromatic heterocycles. The van der Waals surface area contributed by atoms with Crippen LogP contribution in [0.15, 0.2) is 0 Å². The number of rotatable bonds is 2. The van der Waals surface area contributed by atoms with Crippen LogP contribution in [-0.4, -0.2) is 54.5 Å². The second-order valence-corrected chi connectivity index (χ2v) is 6.24. The largest absolute Gasteiger partial charge is 0.465 e. The molecule has 1 aliphatic carbocycles. The van der Waals surface area contributed by atoms with Gasteiger partial charge in [-0.3, -0.25) is 0 Å². The second-order valence-electron chi connectivity index (χ2n) is 6.24. The first kappa shape index (κ1) is 13.2. The quantitative estimate of drug-likeness (QED) is 0.800. The number of nitrogens with zero attached hydrogens (tertiary/aromatic N) is 1. The van der Waals surface area contributed by atoms with Gasteiger partial charge in [0.05, 0.1) is 12.2 Å². The number of hydrogen-bond donors (Lipinski definition) is 2. The van der Waals surface area contributed by atoms with Crippen LogP contribution >= 0.6 is 0 Å². The molecule has 3 aliphatic rings. The van der Waals surface area contributed by atoms with Crippen molar-refractivity contribution in [1.29, 1.82) is 0 Å². The van der Waals surface area contributed by atoms with Gasteiger partial charge in [-0.05, 0) is 51.6 Å². The summed E-state index contributed by atoms with van der Waals surface area (Å²) < 4.78 is 6.31. The molecule has 2 aliphatic heterocycles. The molecule has 1 saturated carbocycles. The van der Waals surface area contributed by atoms with E-state index >= 15 is 0 Å². The van der Waals surface area contributed by atoms with Crippen LogP contribution in [0.3, 0.4) is 0 Å². The Kier molecular flexibility index (Phi) is 3.67. The molecule has 1 amide bonds. The minimum absolute atomic E-state index is 0.289. The van der Waals surface area contributed by atoms with Crippen LogP contribution in [0.5, 0.6) is 0 Å². The second kappa shape index (κ2) is 5.29. The first-order valence-corrected chi connectivity index (χ1v) is 7.54. The van der Waals surface area contributed by atoms with Gasteiger partial charge in [0, 0.05) is 18.5 Å². The van der Waals surface area contributed by atoms with E-state index in [9.17, 15) is 4.79 Å². The Labute approximate surface area is 114 Å². The highest BCUT2D eigenvalue weighted by Gasteiger charge is 2.50. The molecule has 1 unspecified atom stereocenters. The molecule has 19 heavy (non-hydrogen) atoms. The van der Waals surface area contributed by atoms with Gasteiger partial charge in [0.25, 0.3) is 0 Å². The Balaban J connectivity index is 1.52. The van der Waals surface area contributed by atoms with Crippen molar-refractivity contribution in [2.24, 2.45) is 5.41 Å². The van der Waals surface area contributed by atoms with Gasteiger partial charge in [-0.15, -0.1) is 0 Å². The Hall–Kier alpha value is -0.810. The molecule has 5 nitrogen and oxygen atoms in total. The topological polar surface area (TPSA) is 61.8 Å². The number of likely N-dealkylation sites (tertiary alicyclic amines) is 1. The lowest BCUT2D eigenvalue weighted by atomic mass is 9.60. The molecule has 1 spiro atoms. The van der Waals surface area contributed by atoms with Gasteiger partial charge in [-0.25, -0.2) is 4.79 Å². The fourth-order valence-corrected chi connectivity index (χ4v) is 3.76. The predicted octanol–water partition coefficient (Wildman–Crippen LogP) is 1.68. The molecule has 2 heterocycles. The van der Waals surface area contributed by atoms with Gasteiger partial charge in [0.1, 0.15) is 0 Å². The standard InChI is InChI=1S/C14H24N2O3/c17-13(18)16-9-5-14(6-10-16)4-1-12(14)19-11-2-7-15-8-3-11/h11-12,15H,1-10H2,(H,17,18). The van der Waals surface area contributed by atoms with Crippen LogP contribution in [0.1, 0.15) is 38.5 Å². The third-order valence-electron chi connectivity index (χ3n) is 5.26. The summed E-state index contributed by atoms with van der Waals surface area (Å²) in [5.41, 5.74) is 0.289. The summed E-state index contributed by atoms with van der Waals surface area (Å²) in [7, 11) is 0. The highest BCUT2D eigenvalue weighted by atomic mass is 16.5. The molecule has 0 aromatic rings. The molecule has 2 saturated heterocycles. The summed E-state index contributed by atoms with van der Waals surface area (Å²) >= 11 is 0. The third-order valence-corrected chi connectivity index (χ3v) is 5.26. The van der Waals surface area contributed by atoms with E-state index in [1.807, 2.05) is 0 Å². The van der Waals surface area contributed by atoms with Crippen molar-refractivity contribution >= 4 is 6.09 Å². The summed E-state index contributed by atoms with van der Waals surface area (Å²) in [4.78, 5) is 12.5. The van der Waals surface area contributed by atoms with E-state index in [4.69, 9.17) is 9.84 Å². The van der Waals surface area contributed by atoms with Crippen molar-refractivity contribution in [3.63, 3.8) is 0 Å². The minimum atomic E-state index is -0.773. The molecule has 0 bridgehead atoms. The van der Waals surface area contributed by atoms with E-state index < -0.39 is 6.09 Å². The van der Waals surface area contributed by atoms with Crippen molar-refractivity contribution in [1.82, 2.24) is 10.2 Å². The molecule has 3 rings (SSSR count). The van der Waals surface area contributed by atoms with Crippen LogP contribution < -0.4 is 5.32 Å². The highest BCUT2D eigenvalue weighted by molar-refractivity contribution is 5.65. The van der Waals surface area contributed by atoms with Gasteiger partial charge in [-0.1, -0.05) is 0 Å². The fourth-order valence-electron chi connectivity index (χ4n) is 3.76. The van der Waals surface area contributed by atoms with Crippen molar-refractivity contribution in [2.75, 3.05) is 26.2 Å². The van der Waals surface area contributed by atoms with Gasteiger partial charge in [0.2, 0.25) is 0 Å². The molecule has 108 valence electrons. The molecule has 0 radical (unpaired) electrons. The lowest BCUT2D eigenvalue weighted by Gasteiger charge is -2.54. The number of nitrogens with one attached hydrogen (secondary N) is 1. The van der Waals surface area contributed by atoms with Crippen molar-refractivity contribution in [2.45, 2.75) is 50.7 Å². The molecular weight excluding hydrogens is 244 g/mol. The molecule has 1 atom stereocenters. The van der Waals surface area contributed by atoms with Crippen molar-refractivity contribution < 1.29 is 14.6 Å². The van der Waals surface area contributed by atoms with Crippen LogP contribution in [-0.2, 0) is 4.74 Å². The number of carboxylic acid groups (broad SMARTS) is 1. The van der Waals surface area contributed by atoms with E-state index in [1.165, 1.54) is 6.42 Å². The zero-order valence-corrected chi connectivity index (χ0v) is 11.4. The smallest absolute Gasteiger partial charge is 0.407 e. The predicted molar refractivity (Wildman–Crippen MR) is 71.3 cm³/mol. The number of hydrogen-bond acceptors (Lipinski definition) is 3. The first-order chi connectivity index (χ1) is 9.20. The number of ether oxygens (including phenoxy) is 1. The van der Waals surface area contributed by atoms with E-state index in [-0.39, 0.29) is 5.41 Å². The normalized spacial score (nSPS) is 31.2. The van der Waals surface area contributed by atoms with Gasteiger partial charge in [-0.2, -0.15) is 0 Å². The van der Waals surface area contributed by atoms with Gasteiger partial charge >= 0.3 is 6.09 Å². The van der Waals surface area contributed by atoms with E-state index in [2.05, 4.69) is 5.32 Å². The lowest BCUT2D eigenvalue weighted by Crippen LogP contribution is -2.55. The maximum Gasteiger partial charge on any atom is 0.407 e. The van der Waals surface area contributed by atoms with Crippen LogP contribution in [0.25, 0.3) is 0 Å². The molecule has 0 aromatic carbocycles. The lowest BCUT2D eigenvalue weighted by molar-refractivity contribution is -0.164. The van der Waals surface area contributed by atoms with E-state index in [0.717, 1.165) is 45.2 Å². The summed E-state index contributed by atoms with van der Waals surface area (Å²) in [6, 6.07) is 0. The summed E-state index contributed by atoms with van der Waals surface area (Å²) in [5.74, 6) is 0. The Morgan fingerprint density at radius 3 is 2.37 bits per heavy atom. The SMILES string of the molecule is O=C(O)N1CCC2(CCC2OC2CCNCC2)CC1.